The lowest BCUT2D eigenvalue weighted by Gasteiger charge is -2.14. The van der Waals surface area contributed by atoms with Gasteiger partial charge in [0.25, 0.3) is 5.56 Å². The Labute approximate surface area is 165 Å². The molecule has 27 heavy (non-hydrogen) atoms. The Balaban J connectivity index is 2.15. The van der Waals surface area contributed by atoms with Crippen LogP contribution in [0.1, 0.15) is 11.1 Å². The third kappa shape index (κ3) is 4.10. The number of aromatic amines is 1. The lowest BCUT2D eigenvalue weighted by molar-refractivity contribution is 0.393. The highest BCUT2D eigenvalue weighted by Crippen LogP contribution is 2.36. The molecule has 0 aliphatic carbocycles. The molecule has 7 heteroatoms. The van der Waals surface area contributed by atoms with E-state index in [1.165, 1.54) is 18.2 Å². The number of ether oxygens (including phenoxy) is 2. The number of nitrogens with one attached hydrogen (secondary N) is 1. The van der Waals surface area contributed by atoms with Gasteiger partial charge in [0.1, 0.15) is 22.3 Å². The van der Waals surface area contributed by atoms with Gasteiger partial charge in [0.15, 0.2) is 0 Å². The van der Waals surface area contributed by atoms with E-state index in [9.17, 15) is 9.18 Å². The minimum Gasteiger partial charge on any atom is -0.497 e. The number of methoxy groups -OCH3 is 2. The van der Waals surface area contributed by atoms with Gasteiger partial charge >= 0.3 is 0 Å². The molecule has 0 saturated carbocycles. The van der Waals surface area contributed by atoms with Crippen LogP contribution < -0.4 is 15.0 Å². The van der Waals surface area contributed by atoms with Gasteiger partial charge in [-0.25, -0.2) is 4.39 Å². The summed E-state index contributed by atoms with van der Waals surface area (Å²) in [5.41, 5.74) is 2.11. The Hall–Kier alpha value is -2.50. The highest BCUT2D eigenvalue weighted by atomic mass is 35.5. The molecule has 4 nitrogen and oxygen atoms in total. The van der Waals surface area contributed by atoms with Crippen LogP contribution in [0.3, 0.4) is 0 Å². The van der Waals surface area contributed by atoms with Crippen molar-refractivity contribution >= 4 is 23.2 Å². The minimum atomic E-state index is -0.469. The number of rotatable bonds is 5. The standard InChI is InChI=1S/C20H16Cl2FNO3/c1-26-14-6-11(7-15(9-14)27-2)5-12-10-24-20(25)19(22)18(12)16-4-3-13(23)8-17(16)21/h3-4,6-10H,5H2,1-2H3,(H,24,25). The normalized spacial score (nSPS) is 10.7. The first-order valence-electron chi connectivity index (χ1n) is 8.00. The zero-order valence-electron chi connectivity index (χ0n) is 14.6. The average molecular weight is 408 g/mol. The summed E-state index contributed by atoms with van der Waals surface area (Å²) in [5.74, 6) is 0.811. The second-order valence-electron chi connectivity index (χ2n) is 5.85. The topological polar surface area (TPSA) is 51.3 Å². The smallest absolute Gasteiger partial charge is 0.267 e. The van der Waals surface area contributed by atoms with Crippen LogP contribution in [-0.2, 0) is 6.42 Å². The molecule has 0 fully saturated rings. The van der Waals surface area contributed by atoms with Crippen LogP contribution in [0, 0.1) is 5.82 Å². The number of aromatic nitrogens is 1. The molecule has 1 aromatic heterocycles. The summed E-state index contributed by atoms with van der Waals surface area (Å²) in [7, 11) is 3.14. The van der Waals surface area contributed by atoms with E-state index in [2.05, 4.69) is 4.98 Å². The Kier molecular flexibility index (Phi) is 5.73. The van der Waals surface area contributed by atoms with Crippen LogP contribution in [0.5, 0.6) is 11.5 Å². The van der Waals surface area contributed by atoms with Crippen LogP contribution in [0.25, 0.3) is 11.1 Å². The van der Waals surface area contributed by atoms with Crippen molar-refractivity contribution in [1.82, 2.24) is 4.98 Å². The van der Waals surface area contributed by atoms with Gasteiger partial charge in [-0.2, -0.15) is 0 Å². The summed E-state index contributed by atoms with van der Waals surface area (Å²) < 4.78 is 24.0. The van der Waals surface area contributed by atoms with E-state index in [0.29, 0.717) is 29.0 Å². The van der Waals surface area contributed by atoms with Gasteiger partial charge in [-0.05, 0) is 47.9 Å². The maximum absolute atomic E-state index is 13.4. The van der Waals surface area contributed by atoms with Crippen LogP contribution in [0.15, 0.2) is 47.4 Å². The summed E-state index contributed by atoms with van der Waals surface area (Å²) in [5, 5.41) is 0.169. The van der Waals surface area contributed by atoms with Crippen LogP contribution in [0.4, 0.5) is 4.39 Å². The lowest BCUT2D eigenvalue weighted by atomic mass is 9.96. The molecule has 2 aromatic carbocycles. The predicted octanol–water partition coefficient (Wildman–Crippen LogP) is 5.10. The molecular formula is C20H16Cl2FNO3. The molecule has 0 bridgehead atoms. The van der Waals surface area contributed by atoms with Crippen molar-refractivity contribution in [2.75, 3.05) is 14.2 Å². The quantitative estimate of drug-likeness (QED) is 0.640. The Morgan fingerprint density at radius 2 is 1.70 bits per heavy atom. The SMILES string of the molecule is COc1cc(Cc2c[nH]c(=O)c(Cl)c2-c2ccc(F)cc2Cl)cc(OC)c1. The van der Waals surface area contributed by atoms with E-state index in [1.807, 2.05) is 12.1 Å². The summed E-state index contributed by atoms with van der Waals surface area (Å²) >= 11 is 12.5. The molecule has 0 amide bonds. The maximum Gasteiger partial charge on any atom is 0.267 e. The van der Waals surface area contributed by atoms with E-state index in [4.69, 9.17) is 32.7 Å². The molecular weight excluding hydrogens is 392 g/mol. The Morgan fingerprint density at radius 1 is 1.04 bits per heavy atom. The summed E-state index contributed by atoms with van der Waals surface area (Å²) in [6, 6.07) is 9.45. The largest absolute Gasteiger partial charge is 0.497 e. The first-order valence-corrected chi connectivity index (χ1v) is 8.76. The molecule has 3 aromatic rings. The molecule has 0 unspecified atom stereocenters. The first kappa shape index (κ1) is 19.3. The highest BCUT2D eigenvalue weighted by molar-refractivity contribution is 6.36. The monoisotopic (exact) mass is 407 g/mol. The first-order chi connectivity index (χ1) is 12.9. The summed E-state index contributed by atoms with van der Waals surface area (Å²) in [6.45, 7) is 0. The van der Waals surface area contributed by atoms with Gasteiger partial charge in [-0.1, -0.05) is 23.2 Å². The maximum atomic E-state index is 13.4. The Bertz CT molecular complexity index is 1030. The van der Waals surface area contributed by atoms with Gasteiger partial charge < -0.3 is 14.5 Å². The second-order valence-corrected chi connectivity index (χ2v) is 6.64. The van der Waals surface area contributed by atoms with E-state index < -0.39 is 11.4 Å². The van der Waals surface area contributed by atoms with Crippen molar-refractivity contribution < 1.29 is 13.9 Å². The van der Waals surface area contributed by atoms with Gasteiger partial charge in [-0.3, -0.25) is 4.79 Å². The number of H-pyrrole nitrogens is 1. The van der Waals surface area contributed by atoms with Crippen LogP contribution in [-0.4, -0.2) is 19.2 Å². The van der Waals surface area contributed by atoms with Crippen molar-refractivity contribution in [1.29, 1.82) is 0 Å². The number of halogens is 3. The zero-order chi connectivity index (χ0) is 19.6. The molecule has 0 aliphatic rings. The minimum absolute atomic E-state index is 0.00382. The fourth-order valence-electron chi connectivity index (χ4n) is 2.85. The predicted molar refractivity (Wildman–Crippen MR) is 105 cm³/mol. The highest BCUT2D eigenvalue weighted by Gasteiger charge is 2.17. The van der Waals surface area contributed by atoms with Gasteiger partial charge in [0, 0.05) is 23.4 Å². The van der Waals surface area contributed by atoms with Crippen molar-refractivity contribution in [3.05, 3.63) is 79.9 Å². The van der Waals surface area contributed by atoms with Crippen molar-refractivity contribution in [2.24, 2.45) is 0 Å². The molecule has 0 saturated heterocycles. The van der Waals surface area contributed by atoms with Crippen molar-refractivity contribution in [3.63, 3.8) is 0 Å². The number of pyridine rings is 1. The number of benzene rings is 2. The molecule has 0 radical (unpaired) electrons. The third-order valence-corrected chi connectivity index (χ3v) is 4.80. The summed E-state index contributed by atoms with van der Waals surface area (Å²) in [4.78, 5) is 14.7. The van der Waals surface area contributed by atoms with Crippen LogP contribution in [0.2, 0.25) is 10.0 Å². The van der Waals surface area contributed by atoms with Crippen molar-refractivity contribution in [3.8, 4) is 22.6 Å². The van der Waals surface area contributed by atoms with E-state index >= 15 is 0 Å². The molecule has 0 aliphatic heterocycles. The molecule has 0 atom stereocenters. The second kappa shape index (κ2) is 8.03. The summed E-state index contributed by atoms with van der Waals surface area (Å²) in [6.07, 6.45) is 2.00. The number of hydrogen-bond donors (Lipinski definition) is 1. The fraction of sp³-hybridized carbons (Fsp3) is 0.150. The molecule has 1 N–H and O–H groups in total. The van der Waals surface area contributed by atoms with Gasteiger partial charge in [-0.15, -0.1) is 0 Å². The average Bonchev–Trinajstić information content (AvgIpc) is 2.65. The van der Waals surface area contributed by atoms with Gasteiger partial charge in [0.05, 0.1) is 19.2 Å². The molecule has 140 valence electrons. The van der Waals surface area contributed by atoms with Gasteiger partial charge in [0.2, 0.25) is 0 Å². The van der Waals surface area contributed by atoms with E-state index in [-0.39, 0.29) is 10.0 Å². The lowest BCUT2D eigenvalue weighted by Crippen LogP contribution is -2.10. The third-order valence-electron chi connectivity index (χ3n) is 4.12. The van der Waals surface area contributed by atoms with Crippen LogP contribution >= 0.6 is 23.2 Å². The fourth-order valence-corrected chi connectivity index (χ4v) is 3.39. The zero-order valence-corrected chi connectivity index (χ0v) is 16.1. The molecule has 1 heterocycles. The van der Waals surface area contributed by atoms with E-state index in [1.54, 1.807) is 26.5 Å². The van der Waals surface area contributed by atoms with Crippen molar-refractivity contribution in [2.45, 2.75) is 6.42 Å². The van der Waals surface area contributed by atoms with E-state index in [0.717, 1.165) is 11.1 Å². The molecule has 0 spiro atoms. The molecule has 3 rings (SSSR count). The number of hydrogen-bond acceptors (Lipinski definition) is 3. The Morgan fingerprint density at radius 3 is 2.30 bits per heavy atom.